The van der Waals surface area contributed by atoms with Crippen LogP contribution in [0.3, 0.4) is 0 Å². The number of rotatable bonds is 5. The Morgan fingerprint density at radius 3 is 1.86 bits per heavy atom. The highest BCUT2D eigenvalue weighted by atomic mass is 79.9. The Morgan fingerprint density at radius 2 is 1.57 bits per heavy atom. The number of allylic oxidation sites excluding steroid dienone is 1. The number of aromatic nitrogens is 1. The predicted octanol–water partition coefficient (Wildman–Crippen LogP) is 9.99. The maximum absolute atomic E-state index is 10.6. The summed E-state index contributed by atoms with van der Waals surface area (Å²) in [6.45, 7) is 25.7. The number of aldehydes is 1. The zero-order chi connectivity index (χ0) is 28.4. The van der Waals surface area contributed by atoms with E-state index in [1.54, 1.807) is 0 Å². The van der Waals surface area contributed by atoms with E-state index in [9.17, 15) is 4.79 Å². The Labute approximate surface area is 224 Å². The highest BCUT2D eigenvalue weighted by Gasteiger charge is 2.06. The first-order valence-electron chi connectivity index (χ1n) is 12.8. The van der Waals surface area contributed by atoms with Gasteiger partial charge in [-0.05, 0) is 56.0 Å². The monoisotopic (exact) mass is 550 g/mol. The van der Waals surface area contributed by atoms with E-state index in [1.165, 1.54) is 32.3 Å². The first-order chi connectivity index (χ1) is 16.6. The Hall–Kier alpha value is -2.19. The van der Waals surface area contributed by atoms with Crippen LogP contribution < -0.4 is 0 Å². The molecule has 1 unspecified atom stereocenters. The number of fused-ring (bicyclic) bond motifs is 1. The molecule has 4 nitrogen and oxygen atoms in total. The fraction of sp³-hybridized carbons (Fsp3) is 0.567. The average molecular weight is 552 g/mol. The number of nitrogens with zero attached hydrogens (tertiary/aromatic N) is 1. The summed E-state index contributed by atoms with van der Waals surface area (Å²) in [5.74, 6) is 1.24. The lowest BCUT2D eigenvalue weighted by molar-refractivity contribution is -0.117. The molecule has 2 rings (SSSR count). The molecule has 1 aromatic heterocycles. The fourth-order valence-electron chi connectivity index (χ4n) is 2.10. The summed E-state index contributed by atoms with van der Waals surface area (Å²) < 4.78 is 1.03. The van der Waals surface area contributed by atoms with Gasteiger partial charge in [0.1, 0.15) is 18.0 Å². The van der Waals surface area contributed by atoms with Crippen molar-refractivity contribution in [3.8, 4) is 6.07 Å². The smallest absolute Gasteiger partial charge is 0.157 e. The van der Waals surface area contributed by atoms with Gasteiger partial charge in [0.2, 0.25) is 0 Å². The summed E-state index contributed by atoms with van der Waals surface area (Å²) in [5.41, 5.74) is 2.67. The lowest BCUT2D eigenvalue weighted by atomic mass is 10.0. The molecule has 1 atom stereocenters. The molecule has 0 saturated carbocycles. The van der Waals surface area contributed by atoms with E-state index in [2.05, 4.69) is 68.2 Å². The molecule has 0 radical (unpaired) electrons. The Kier molecular flexibility index (Phi) is 32.1. The largest absolute Gasteiger partial charge is 0.346 e. The maximum atomic E-state index is 10.6. The molecule has 1 aromatic carbocycles. The molecule has 0 saturated heterocycles. The number of H-pyrrole nitrogens is 1. The van der Waals surface area contributed by atoms with E-state index in [1.807, 2.05) is 52.8 Å². The van der Waals surface area contributed by atoms with Gasteiger partial charge < -0.3 is 9.78 Å². The van der Waals surface area contributed by atoms with Gasteiger partial charge in [0.25, 0.3) is 0 Å². The average Bonchev–Trinajstić information content (AvgIpc) is 3.20. The third-order valence-corrected chi connectivity index (χ3v) is 5.32. The molecule has 0 aliphatic carbocycles. The zero-order valence-corrected chi connectivity index (χ0v) is 25.8. The highest BCUT2D eigenvalue weighted by molar-refractivity contribution is 9.10. The molecule has 0 bridgehead atoms. The SMILES string of the molecule is C=CC(=O)C(C)CC.CC.CC=O.CCC.CCC(C)CC.Cc1c(C#N)[nH]c2ccc(Br)cc12. The molecule has 1 N–H and O–H groups in total. The molecule has 5 heteroatoms. The number of ketones is 1. The third-order valence-electron chi connectivity index (χ3n) is 4.83. The van der Waals surface area contributed by atoms with Crippen LogP contribution in [0.2, 0.25) is 0 Å². The molecule has 1 heterocycles. The first kappa shape index (κ1) is 40.0. The van der Waals surface area contributed by atoms with Crippen molar-refractivity contribution in [2.75, 3.05) is 0 Å². The van der Waals surface area contributed by atoms with Gasteiger partial charge in [0.15, 0.2) is 5.78 Å². The minimum absolute atomic E-state index is 0.146. The Bertz CT molecular complexity index is 831. The molecular weight excluding hydrogens is 500 g/mol. The van der Waals surface area contributed by atoms with Gasteiger partial charge in [0.05, 0.1) is 0 Å². The van der Waals surface area contributed by atoms with Crippen LogP contribution in [0.25, 0.3) is 10.9 Å². The van der Waals surface area contributed by atoms with Gasteiger partial charge in [-0.3, -0.25) is 4.79 Å². The van der Waals surface area contributed by atoms with Crippen LogP contribution in [0.5, 0.6) is 0 Å². The van der Waals surface area contributed by atoms with Gasteiger partial charge in [0, 0.05) is 21.3 Å². The van der Waals surface area contributed by atoms with E-state index in [0.29, 0.717) is 5.69 Å². The number of carbonyl (C=O) groups excluding carboxylic acids is 2. The molecule has 0 spiro atoms. The number of aromatic amines is 1. The van der Waals surface area contributed by atoms with Crippen LogP contribution in [-0.2, 0) is 9.59 Å². The van der Waals surface area contributed by atoms with Crippen molar-refractivity contribution in [3.05, 3.63) is 46.6 Å². The second-order valence-corrected chi connectivity index (χ2v) is 8.62. The third kappa shape index (κ3) is 20.9. The zero-order valence-electron chi connectivity index (χ0n) is 24.2. The lowest BCUT2D eigenvalue weighted by Crippen LogP contribution is -2.04. The number of hydrogen-bond donors (Lipinski definition) is 1. The molecule has 0 aliphatic rings. The van der Waals surface area contributed by atoms with Crippen molar-refractivity contribution in [3.63, 3.8) is 0 Å². The van der Waals surface area contributed by atoms with Crippen molar-refractivity contribution >= 4 is 38.9 Å². The molecule has 2 aromatic rings. The van der Waals surface area contributed by atoms with Crippen LogP contribution in [0.1, 0.15) is 106 Å². The van der Waals surface area contributed by atoms with Crippen molar-refractivity contribution in [1.29, 1.82) is 5.26 Å². The number of hydrogen-bond acceptors (Lipinski definition) is 3. The van der Waals surface area contributed by atoms with Crippen LogP contribution in [0, 0.1) is 30.1 Å². The van der Waals surface area contributed by atoms with Gasteiger partial charge in [-0.2, -0.15) is 5.26 Å². The Balaban J connectivity index is -0.000000190. The lowest BCUT2D eigenvalue weighted by Gasteiger charge is -1.99. The van der Waals surface area contributed by atoms with Gasteiger partial charge in [-0.1, -0.05) is 104 Å². The number of carbonyl (C=O) groups is 2. The fourth-order valence-corrected chi connectivity index (χ4v) is 2.46. The van der Waals surface area contributed by atoms with Gasteiger partial charge in [-0.25, -0.2) is 0 Å². The Morgan fingerprint density at radius 1 is 1.11 bits per heavy atom. The number of nitrogens with one attached hydrogen (secondary N) is 1. The summed E-state index contributed by atoms with van der Waals surface area (Å²) in [6.07, 6.45) is 6.95. The van der Waals surface area contributed by atoms with Crippen LogP contribution >= 0.6 is 15.9 Å². The molecule has 35 heavy (non-hydrogen) atoms. The van der Waals surface area contributed by atoms with Gasteiger partial charge >= 0.3 is 0 Å². The minimum Gasteiger partial charge on any atom is -0.346 e. The minimum atomic E-state index is 0.146. The van der Waals surface area contributed by atoms with Crippen LogP contribution in [-0.4, -0.2) is 17.1 Å². The van der Waals surface area contributed by atoms with Crippen molar-refractivity contribution in [2.24, 2.45) is 11.8 Å². The standard InChI is InChI=1S/C10H7BrN2.C7H12O.C6H14.C3H8.C2H4O.C2H6/c1-6-8-4-7(11)2-3-9(8)13-10(6)5-12;1-4-6(3)7(8)5-2;1-4-6(3)5-2;1-3-2;1-2-3;1-2/h2-4,13H,1H3;5-6H,2,4H2,1,3H3;6H,4-5H2,1-3H3;3H2,1-2H3;2H,1H3;1-2H3. The predicted molar refractivity (Wildman–Crippen MR) is 159 cm³/mol. The van der Waals surface area contributed by atoms with E-state index in [0.717, 1.165) is 39.6 Å². The summed E-state index contributed by atoms with van der Waals surface area (Å²) >= 11 is 3.40. The summed E-state index contributed by atoms with van der Waals surface area (Å²) in [4.78, 5) is 22.5. The van der Waals surface area contributed by atoms with Crippen molar-refractivity contribution < 1.29 is 9.59 Å². The second-order valence-electron chi connectivity index (χ2n) is 7.71. The first-order valence-corrected chi connectivity index (χ1v) is 13.6. The number of halogens is 1. The topological polar surface area (TPSA) is 73.7 Å². The second kappa shape index (κ2) is 28.1. The van der Waals surface area contributed by atoms with Gasteiger partial charge in [-0.15, -0.1) is 0 Å². The van der Waals surface area contributed by atoms with E-state index >= 15 is 0 Å². The molecular formula is C30H51BrN2O2. The maximum Gasteiger partial charge on any atom is 0.157 e. The van der Waals surface area contributed by atoms with E-state index < -0.39 is 0 Å². The number of benzene rings is 1. The quantitative estimate of drug-likeness (QED) is 0.297. The van der Waals surface area contributed by atoms with Crippen molar-refractivity contribution in [1.82, 2.24) is 4.98 Å². The van der Waals surface area contributed by atoms with Crippen LogP contribution in [0.15, 0.2) is 35.3 Å². The van der Waals surface area contributed by atoms with Crippen LogP contribution in [0.4, 0.5) is 0 Å². The number of aryl methyl sites for hydroxylation is 1. The number of nitriles is 1. The molecule has 0 aliphatic heterocycles. The normalized spacial score (nSPS) is 9.49. The molecule has 200 valence electrons. The molecule has 0 amide bonds. The summed E-state index contributed by atoms with van der Waals surface area (Å²) in [7, 11) is 0. The molecule has 0 fully saturated rings. The van der Waals surface area contributed by atoms with E-state index in [-0.39, 0.29) is 11.7 Å². The highest BCUT2D eigenvalue weighted by Crippen LogP contribution is 2.24. The van der Waals surface area contributed by atoms with Crippen molar-refractivity contribution in [2.45, 2.75) is 102 Å². The van der Waals surface area contributed by atoms with E-state index in [4.69, 9.17) is 10.1 Å². The summed E-state index contributed by atoms with van der Waals surface area (Å²) in [6, 6.07) is 8.07. The summed E-state index contributed by atoms with van der Waals surface area (Å²) in [5, 5.41) is 9.90.